The lowest BCUT2D eigenvalue weighted by molar-refractivity contribution is 0.586. The SMILES string of the molecule is CCCCn1nc([N-]S(=O)(=O)c2ccccc2)c2cc3cc(C)ccc3nc21. The number of rotatable bonds is 6. The standard InChI is InChI=1S/C21H21N4O2S/c1-3-4-12-25-21-18(14-16-13-15(2)10-11-19(16)22-21)20(23-25)24-28(26,27)17-8-6-5-7-9-17/h5-11,13-14H,3-4,12H2,1-2H3/q-1. The molecule has 0 radical (unpaired) electrons. The van der Waals surface area contributed by atoms with E-state index in [1.54, 1.807) is 22.9 Å². The molecule has 2 aromatic carbocycles. The molecule has 0 N–H and O–H groups in total. The molecular formula is C21H21N4O2S-. The summed E-state index contributed by atoms with van der Waals surface area (Å²) >= 11 is 0. The van der Waals surface area contributed by atoms with Crippen LogP contribution in [-0.2, 0) is 16.6 Å². The highest BCUT2D eigenvalue weighted by Gasteiger charge is 2.13. The van der Waals surface area contributed by atoms with Crippen molar-refractivity contribution in [3.63, 3.8) is 0 Å². The molecule has 0 aliphatic heterocycles. The van der Waals surface area contributed by atoms with E-state index in [9.17, 15) is 8.42 Å². The maximum Gasteiger partial charge on any atom is 0.202 e. The topological polar surface area (TPSA) is 79.0 Å². The predicted octanol–water partition coefficient (Wildman–Crippen LogP) is 5.09. The van der Waals surface area contributed by atoms with E-state index in [0.29, 0.717) is 17.6 Å². The third-order valence-electron chi connectivity index (χ3n) is 4.62. The number of pyridine rings is 1. The highest BCUT2D eigenvalue weighted by molar-refractivity contribution is 7.94. The summed E-state index contributed by atoms with van der Waals surface area (Å²) in [5, 5.41) is 6.08. The van der Waals surface area contributed by atoms with Crippen LogP contribution in [0, 0.1) is 6.92 Å². The number of aromatic nitrogens is 3. The Kier molecular flexibility index (Phi) is 4.77. The second kappa shape index (κ2) is 7.24. The average molecular weight is 393 g/mol. The fourth-order valence-corrected chi connectivity index (χ4v) is 4.12. The van der Waals surface area contributed by atoms with Crippen LogP contribution in [0.15, 0.2) is 59.5 Å². The fourth-order valence-electron chi connectivity index (χ4n) is 3.15. The van der Waals surface area contributed by atoms with Gasteiger partial charge in [0.05, 0.1) is 10.4 Å². The first-order valence-electron chi connectivity index (χ1n) is 9.29. The van der Waals surface area contributed by atoms with Crippen LogP contribution in [-0.4, -0.2) is 23.2 Å². The summed E-state index contributed by atoms with van der Waals surface area (Å²) in [6.45, 7) is 4.78. The van der Waals surface area contributed by atoms with Crippen molar-refractivity contribution in [2.45, 2.75) is 38.1 Å². The lowest BCUT2D eigenvalue weighted by atomic mass is 10.1. The smallest absolute Gasteiger partial charge is 0.202 e. The van der Waals surface area contributed by atoms with Gasteiger partial charge in [-0.15, -0.1) is 0 Å². The van der Waals surface area contributed by atoms with Gasteiger partial charge < -0.3 is 14.5 Å². The van der Waals surface area contributed by atoms with Crippen LogP contribution >= 0.6 is 0 Å². The second-order valence-electron chi connectivity index (χ2n) is 6.84. The number of fused-ring (bicyclic) bond motifs is 2. The maximum absolute atomic E-state index is 12.7. The third kappa shape index (κ3) is 3.45. The molecule has 0 spiro atoms. The van der Waals surface area contributed by atoms with Crippen molar-refractivity contribution in [3.8, 4) is 0 Å². The molecule has 0 unspecified atom stereocenters. The number of nitrogens with zero attached hydrogens (tertiary/aromatic N) is 4. The number of benzene rings is 2. The van der Waals surface area contributed by atoms with Crippen LogP contribution in [0.4, 0.5) is 5.82 Å². The van der Waals surface area contributed by atoms with Crippen LogP contribution in [0.2, 0.25) is 0 Å². The van der Waals surface area contributed by atoms with Crippen molar-refractivity contribution in [1.82, 2.24) is 14.8 Å². The van der Waals surface area contributed by atoms with Gasteiger partial charge in [-0.2, -0.15) is 0 Å². The van der Waals surface area contributed by atoms with E-state index in [4.69, 9.17) is 4.98 Å². The zero-order chi connectivity index (χ0) is 19.7. The Morgan fingerprint density at radius 3 is 2.61 bits per heavy atom. The van der Waals surface area contributed by atoms with E-state index in [0.717, 1.165) is 29.3 Å². The van der Waals surface area contributed by atoms with Gasteiger partial charge in [0, 0.05) is 17.3 Å². The molecule has 28 heavy (non-hydrogen) atoms. The van der Waals surface area contributed by atoms with Crippen molar-refractivity contribution in [2.24, 2.45) is 0 Å². The van der Waals surface area contributed by atoms with Crippen molar-refractivity contribution in [3.05, 3.63) is 64.9 Å². The minimum absolute atomic E-state index is 0.149. The van der Waals surface area contributed by atoms with Gasteiger partial charge in [0.15, 0.2) is 0 Å². The molecule has 0 fully saturated rings. The Morgan fingerprint density at radius 1 is 1.07 bits per heavy atom. The van der Waals surface area contributed by atoms with Crippen molar-refractivity contribution >= 4 is 37.8 Å². The van der Waals surface area contributed by atoms with Gasteiger partial charge in [0.25, 0.3) is 0 Å². The van der Waals surface area contributed by atoms with E-state index >= 15 is 0 Å². The summed E-state index contributed by atoms with van der Waals surface area (Å²) in [5.41, 5.74) is 2.63. The first kappa shape index (κ1) is 18.4. The lowest BCUT2D eigenvalue weighted by Gasteiger charge is -2.13. The quantitative estimate of drug-likeness (QED) is 0.457. The van der Waals surface area contributed by atoms with Crippen LogP contribution in [0.3, 0.4) is 0 Å². The molecule has 0 atom stereocenters. The molecule has 7 heteroatoms. The number of aryl methyl sites for hydroxylation is 2. The van der Waals surface area contributed by atoms with E-state index in [2.05, 4.69) is 16.7 Å². The van der Waals surface area contributed by atoms with Crippen molar-refractivity contribution in [1.29, 1.82) is 0 Å². The second-order valence-corrected chi connectivity index (χ2v) is 8.44. The summed E-state index contributed by atoms with van der Waals surface area (Å²) in [4.78, 5) is 4.89. The van der Waals surface area contributed by atoms with Crippen molar-refractivity contribution < 1.29 is 8.42 Å². The molecule has 2 aromatic heterocycles. The Bertz CT molecular complexity index is 1250. The molecule has 0 saturated carbocycles. The van der Waals surface area contributed by atoms with Crippen LogP contribution in [0.1, 0.15) is 25.3 Å². The van der Waals surface area contributed by atoms with Gasteiger partial charge in [-0.3, -0.25) is 0 Å². The molecule has 0 aliphatic rings. The van der Waals surface area contributed by atoms with Gasteiger partial charge in [0.2, 0.25) is 10.0 Å². The number of sulfonamides is 1. The first-order valence-corrected chi connectivity index (χ1v) is 10.7. The Balaban J connectivity index is 1.87. The summed E-state index contributed by atoms with van der Waals surface area (Å²) in [6.07, 6.45) is 1.93. The van der Waals surface area contributed by atoms with E-state index in [1.165, 1.54) is 12.1 Å². The van der Waals surface area contributed by atoms with E-state index in [1.807, 2.05) is 31.2 Å². The molecule has 0 saturated heterocycles. The summed E-state index contributed by atoms with van der Waals surface area (Å²) in [5.74, 6) is 0.186. The summed E-state index contributed by atoms with van der Waals surface area (Å²) in [6, 6.07) is 16.1. The van der Waals surface area contributed by atoms with Gasteiger partial charge >= 0.3 is 0 Å². The molecule has 6 nitrogen and oxygen atoms in total. The van der Waals surface area contributed by atoms with Crippen LogP contribution in [0.25, 0.3) is 26.7 Å². The molecule has 0 amide bonds. The first-order chi connectivity index (χ1) is 13.5. The van der Waals surface area contributed by atoms with Gasteiger partial charge in [-0.1, -0.05) is 43.2 Å². The molecule has 4 rings (SSSR count). The molecule has 144 valence electrons. The Morgan fingerprint density at radius 2 is 1.86 bits per heavy atom. The van der Waals surface area contributed by atoms with Gasteiger partial charge in [-0.25, -0.2) is 13.4 Å². The highest BCUT2D eigenvalue weighted by Crippen LogP contribution is 2.34. The lowest BCUT2D eigenvalue weighted by Crippen LogP contribution is -2.01. The predicted molar refractivity (Wildman–Crippen MR) is 111 cm³/mol. The minimum atomic E-state index is -3.85. The number of unbranched alkanes of at least 4 members (excludes halogenated alkanes) is 1. The van der Waals surface area contributed by atoms with Crippen molar-refractivity contribution in [2.75, 3.05) is 0 Å². The maximum atomic E-state index is 12.7. The van der Waals surface area contributed by atoms with Crippen LogP contribution < -0.4 is 0 Å². The van der Waals surface area contributed by atoms with E-state index in [-0.39, 0.29) is 10.7 Å². The molecule has 4 aromatic rings. The Hall–Kier alpha value is -2.93. The summed E-state index contributed by atoms with van der Waals surface area (Å²) in [7, 11) is -3.85. The minimum Gasteiger partial charge on any atom is -0.372 e. The largest absolute Gasteiger partial charge is 0.372 e. The fraction of sp³-hybridized carbons (Fsp3) is 0.238. The number of hydrogen-bond donors (Lipinski definition) is 0. The monoisotopic (exact) mass is 393 g/mol. The van der Waals surface area contributed by atoms with Gasteiger partial charge in [0.1, 0.15) is 5.65 Å². The third-order valence-corrected chi connectivity index (χ3v) is 5.90. The summed E-state index contributed by atoms with van der Waals surface area (Å²) < 4.78 is 31.3. The van der Waals surface area contributed by atoms with Gasteiger partial charge in [-0.05, 0) is 49.5 Å². The average Bonchev–Trinajstić information content (AvgIpc) is 3.01. The molecule has 0 bridgehead atoms. The normalized spacial score (nSPS) is 11.9. The highest BCUT2D eigenvalue weighted by atomic mass is 32.2. The zero-order valence-electron chi connectivity index (χ0n) is 15.8. The zero-order valence-corrected chi connectivity index (χ0v) is 16.6. The van der Waals surface area contributed by atoms with E-state index < -0.39 is 10.0 Å². The van der Waals surface area contributed by atoms with Crippen LogP contribution in [0.5, 0.6) is 0 Å². The number of hydrogen-bond acceptors (Lipinski definition) is 4. The molecule has 0 aliphatic carbocycles. The Labute approximate surface area is 164 Å². The molecular weight excluding hydrogens is 372 g/mol. The molecule has 2 heterocycles.